The first-order valence-electron chi connectivity index (χ1n) is 5.58. The number of carbonyl (C=O) groups is 1. The predicted octanol–water partition coefficient (Wildman–Crippen LogP) is 2.87. The summed E-state index contributed by atoms with van der Waals surface area (Å²) in [4.78, 5) is 11.9. The molecule has 0 saturated carbocycles. The molecule has 2 heteroatoms. The molecule has 2 aromatic rings. The standard InChI is InChI=1S/C17H10O2/c1-3-13-7-5-9-15(11-13)17(18)19-16-10-6-8-14(4-2)12-16/h1-2,5-12H. The third-order valence-corrected chi connectivity index (χ3v) is 2.48. The Morgan fingerprint density at radius 3 is 2.26 bits per heavy atom. The van der Waals surface area contributed by atoms with Crippen LogP contribution in [-0.2, 0) is 0 Å². The van der Waals surface area contributed by atoms with Crippen molar-refractivity contribution in [3.63, 3.8) is 0 Å². The summed E-state index contributed by atoms with van der Waals surface area (Å²) in [5.41, 5.74) is 1.69. The average Bonchev–Trinajstić information content (AvgIpc) is 2.47. The summed E-state index contributed by atoms with van der Waals surface area (Å²) in [7, 11) is 0. The largest absolute Gasteiger partial charge is 0.423 e. The minimum absolute atomic E-state index is 0.404. The first-order chi connectivity index (χ1) is 9.22. The molecule has 0 heterocycles. The summed E-state index contributed by atoms with van der Waals surface area (Å²) in [5.74, 6) is 4.89. The number of ether oxygens (including phenoxy) is 1. The predicted molar refractivity (Wildman–Crippen MR) is 73.7 cm³/mol. The van der Waals surface area contributed by atoms with Crippen LogP contribution in [0, 0.1) is 24.7 Å². The van der Waals surface area contributed by atoms with Crippen molar-refractivity contribution >= 4 is 5.97 Å². The molecule has 2 aromatic carbocycles. The number of hydrogen-bond acceptors (Lipinski definition) is 2. The third kappa shape index (κ3) is 3.03. The molecule has 0 aliphatic carbocycles. The lowest BCUT2D eigenvalue weighted by Crippen LogP contribution is -2.08. The van der Waals surface area contributed by atoms with E-state index in [-0.39, 0.29) is 0 Å². The fourth-order valence-corrected chi connectivity index (χ4v) is 1.55. The molecule has 0 aromatic heterocycles. The molecule has 0 amide bonds. The topological polar surface area (TPSA) is 26.3 Å². The fourth-order valence-electron chi connectivity index (χ4n) is 1.55. The second kappa shape index (κ2) is 5.58. The van der Waals surface area contributed by atoms with Gasteiger partial charge in [-0.15, -0.1) is 12.8 Å². The second-order valence-electron chi connectivity index (χ2n) is 3.79. The Balaban J connectivity index is 2.21. The Bertz CT molecular complexity index is 700. The maximum absolute atomic E-state index is 11.9. The lowest BCUT2D eigenvalue weighted by molar-refractivity contribution is 0.0734. The number of benzene rings is 2. The first-order valence-corrected chi connectivity index (χ1v) is 5.58. The van der Waals surface area contributed by atoms with Crippen molar-refractivity contribution in [3.8, 4) is 30.4 Å². The van der Waals surface area contributed by atoms with Gasteiger partial charge in [0.05, 0.1) is 5.56 Å². The Hall–Kier alpha value is -2.97. The SMILES string of the molecule is C#Cc1cccc(OC(=O)c2cccc(C#C)c2)c1. The van der Waals surface area contributed by atoms with Gasteiger partial charge < -0.3 is 4.74 Å². The van der Waals surface area contributed by atoms with Gasteiger partial charge in [0, 0.05) is 11.1 Å². The zero-order chi connectivity index (χ0) is 13.7. The van der Waals surface area contributed by atoms with E-state index in [1.54, 1.807) is 48.5 Å². The average molecular weight is 246 g/mol. The highest BCUT2D eigenvalue weighted by atomic mass is 16.5. The van der Waals surface area contributed by atoms with Crippen molar-refractivity contribution in [3.05, 3.63) is 65.2 Å². The zero-order valence-corrected chi connectivity index (χ0v) is 10.1. The maximum atomic E-state index is 11.9. The molecule has 0 fully saturated rings. The number of rotatable bonds is 2. The number of esters is 1. The van der Waals surface area contributed by atoms with E-state index in [1.807, 2.05) is 0 Å². The number of hydrogen-bond donors (Lipinski definition) is 0. The van der Waals surface area contributed by atoms with Gasteiger partial charge in [-0.2, -0.15) is 0 Å². The lowest BCUT2D eigenvalue weighted by atomic mass is 10.1. The van der Waals surface area contributed by atoms with Gasteiger partial charge in [0.2, 0.25) is 0 Å². The molecule has 0 unspecified atom stereocenters. The highest BCUT2D eigenvalue weighted by Gasteiger charge is 2.08. The molecule has 0 atom stereocenters. The van der Waals surface area contributed by atoms with Gasteiger partial charge in [0.15, 0.2) is 0 Å². The zero-order valence-electron chi connectivity index (χ0n) is 10.1. The van der Waals surface area contributed by atoms with Gasteiger partial charge in [0.25, 0.3) is 0 Å². The van der Waals surface area contributed by atoms with E-state index in [2.05, 4.69) is 11.8 Å². The second-order valence-corrected chi connectivity index (χ2v) is 3.79. The van der Waals surface area contributed by atoms with E-state index in [1.165, 1.54) is 0 Å². The highest BCUT2D eigenvalue weighted by molar-refractivity contribution is 5.91. The summed E-state index contributed by atoms with van der Waals surface area (Å²) in [6.07, 6.45) is 10.6. The van der Waals surface area contributed by atoms with Crippen LogP contribution in [0.1, 0.15) is 21.5 Å². The molecule has 0 bridgehead atoms. The van der Waals surface area contributed by atoms with E-state index in [9.17, 15) is 4.79 Å². The number of carbonyl (C=O) groups excluding carboxylic acids is 1. The van der Waals surface area contributed by atoms with Crippen LogP contribution >= 0.6 is 0 Å². The Morgan fingerprint density at radius 2 is 1.58 bits per heavy atom. The summed E-state index contributed by atoms with van der Waals surface area (Å²) < 4.78 is 5.24. The number of terminal acetylenes is 2. The molecule has 90 valence electrons. The molecule has 0 saturated heterocycles. The van der Waals surface area contributed by atoms with Gasteiger partial charge in [-0.05, 0) is 36.4 Å². The summed E-state index contributed by atoms with van der Waals surface area (Å²) in [5, 5.41) is 0. The summed E-state index contributed by atoms with van der Waals surface area (Å²) in [6.45, 7) is 0. The molecule has 0 aliphatic rings. The minimum Gasteiger partial charge on any atom is -0.423 e. The van der Waals surface area contributed by atoms with Crippen molar-refractivity contribution in [2.24, 2.45) is 0 Å². The van der Waals surface area contributed by atoms with Crippen molar-refractivity contribution < 1.29 is 9.53 Å². The van der Waals surface area contributed by atoms with E-state index < -0.39 is 5.97 Å². The maximum Gasteiger partial charge on any atom is 0.343 e. The van der Waals surface area contributed by atoms with Gasteiger partial charge in [0.1, 0.15) is 5.75 Å². The smallest absolute Gasteiger partial charge is 0.343 e. The van der Waals surface area contributed by atoms with Crippen LogP contribution in [0.3, 0.4) is 0 Å². The van der Waals surface area contributed by atoms with Crippen LogP contribution in [-0.4, -0.2) is 5.97 Å². The van der Waals surface area contributed by atoms with Crippen LogP contribution < -0.4 is 4.74 Å². The molecule has 0 radical (unpaired) electrons. The van der Waals surface area contributed by atoms with Crippen molar-refractivity contribution in [1.82, 2.24) is 0 Å². The summed E-state index contributed by atoms with van der Waals surface area (Å²) >= 11 is 0. The molecule has 2 rings (SSSR count). The van der Waals surface area contributed by atoms with Gasteiger partial charge >= 0.3 is 5.97 Å². The molecule has 19 heavy (non-hydrogen) atoms. The highest BCUT2D eigenvalue weighted by Crippen LogP contribution is 2.15. The van der Waals surface area contributed by atoms with Crippen molar-refractivity contribution in [1.29, 1.82) is 0 Å². The van der Waals surface area contributed by atoms with Gasteiger partial charge in [-0.3, -0.25) is 0 Å². The third-order valence-electron chi connectivity index (χ3n) is 2.48. The van der Waals surface area contributed by atoms with Crippen LogP contribution in [0.15, 0.2) is 48.5 Å². The van der Waals surface area contributed by atoms with E-state index in [0.29, 0.717) is 22.4 Å². The first kappa shape index (κ1) is 12.5. The van der Waals surface area contributed by atoms with Gasteiger partial charge in [-0.25, -0.2) is 4.79 Å². The molecular formula is C17H10O2. The normalized spacial score (nSPS) is 9.16. The van der Waals surface area contributed by atoms with E-state index in [0.717, 1.165) is 0 Å². The quantitative estimate of drug-likeness (QED) is 0.462. The minimum atomic E-state index is -0.466. The molecule has 0 aliphatic heterocycles. The van der Waals surface area contributed by atoms with Gasteiger partial charge in [-0.1, -0.05) is 24.0 Å². The van der Waals surface area contributed by atoms with Crippen LogP contribution in [0.2, 0.25) is 0 Å². The summed E-state index contributed by atoms with van der Waals surface area (Å²) in [6, 6.07) is 13.5. The molecule has 2 nitrogen and oxygen atoms in total. The van der Waals surface area contributed by atoms with Crippen LogP contribution in [0.4, 0.5) is 0 Å². The Labute approximate surface area is 112 Å². The Kier molecular flexibility index (Phi) is 3.67. The van der Waals surface area contributed by atoms with E-state index in [4.69, 9.17) is 17.6 Å². The van der Waals surface area contributed by atoms with Crippen molar-refractivity contribution in [2.75, 3.05) is 0 Å². The van der Waals surface area contributed by atoms with Crippen LogP contribution in [0.5, 0.6) is 5.75 Å². The molecular weight excluding hydrogens is 236 g/mol. The van der Waals surface area contributed by atoms with Crippen molar-refractivity contribution in [2.45, 2.75) is 0 Å². The van der Waals surface area contributed by atoms with E-state index >= 15 is 0 Å². The molecule has 0 N–H and O–H groups in total. The lowest BCUT2D eigenvalue weighted by Gasteiger charge is -2.05. The Morgan fingerprint density at radius 1 is 0.947 bits per heavy atom. The van der Waals surface area contributed by atoms with Crippen LogP contribution in [0.25, 0.3) is 0 Å². The monoisotopic (exact) mass is 246 g/mol. The molecule has 0 spiro atoms. The fraction of sp³-hybridized carbons (Fsp3) is 0.